The predicted octanol–water partition coefficient (Wildman–Crippen LogP) is 3.32. The van der Waals surface area contributed by atoms with Gasteiger partial charge in [-0.25, -0.2) is 0 Å². The SMILES string of the molecule is O=C(O)C1CC1C(=O)Nc1ccc(C(=O)N2CCCC2c2ccccc2)cc1. The quantitative estimate of drug-likeness (QED) is 0.836. The smallest absolute Gasteiger partial charge is 0.307 e. The van der Waals surface area contributed by atoms with Crippen molar-refractivity contribution in [3.8, 4) is 0 Å². The number of hydrogen-bond acceptors (Lipinski definition) is 3. The average Bonchev–Trinajstić information content (AvgIpc) is 3.38. The van der Waals surface area contributed by atoms with Crippen LogP contribution in [-0.2, 0) is 9.59 Å². The van der Waals surface area contributed by atoms with Gasteiger partial charge in [-0.3, -0.25) is 14.4 Å². The first-order valence-electron chi connectivity index (χ1n) is 9.54. The average molecular weight is 378 g/mol. The van der Waals surface area contributed by atoms with Crippen LogP contribution in [0.25, 0.3) is 0 Å². The maximum atomic E-state index is 13.0. The van der Waals surface area contributed by atoms with E-state index in [9.17, 15) is 14.4 Å². The lowest BCUT2D eigenvalue weighted by Gasteiger charge is -2.25. The van der Waals surface area contributed by atoms with Crippen molar-refractivity contribution in [3.63, 3.8) is 0 Å². The van der Waals surface area contributed by atoms with E-state index in [1.165, 1.54) is 0 Å². The van der Waals surface area contributed by atoms with Crippen LogP contribution in [0.4, 0.5) is 5.69 Å². The summed E-state index contributed by atoms with van der Waals surface area (Å²) in [5.74, 6) is -2.27. The maximum absolute atomic E-state index is 13.0. The van der Waals surface area contributed by atoms with Gasteiger partial charge < -0.3 is 15.3 Å². The van der Waals surface area contributed by atoms with Crippen LogP contribution in [0, 0.1) is 11.8 Å². The van der Waals surface area contributed by atoms with Crippen molar-refractivity contribution in [1.82, 2.24) is 4.90 Å². The van der Waals surface area contributed by atoms with Crippen LogP contribution in [0.5, 0.6) is 0 Å². The lowest BCUT2D eigenvalue weighted by atomic mass is 10.0. The number of carbonyl (C=O) groups is 3. The second-order valence-corrected chi connectivity index (χ2v) is 7.42. The van der Waals surface area contributed by atoms with Crippen LogP contribution in [0.2, 0.25) is 0 Å². The minimum absolute atomic E-state index is 0.0163. The number of anilines is 1. The number of likely N-dealkylation sites (tertiary alicyclic amines) is 1. The van der Waals surface area contributed by atoms with Gasteiger partial charge in [-0.05, 0) is 49.1 Å². The zero-order chi connectivity index (χ0) is 19.7. The number of nitrogens with one attached hydrogen (secondary N) is 1. The zero-order valence-corrected chi connectivity index (χ0v) is 15.4. The van der Waals surface area contributed by atoms with Gasteiger partial charge in [0.1, 0.15) is 0 Å². The molecule has 3 unspecified atom stereocenters. The first-order chi connectivity index (χ1) is 13.5. The number of amides is 2. The number of aliphatic carboxylic acids is 1. The number of nitrogens with zero attached hydrogens (tertiary/aromatic N) is 1. The fourth-order valence-corrected chi connectivity index (χ4v) is 3.89. The number of carboxylic acid groups (broad SMARTS) is 1. The fraction of sp³-hybridized carbons (Fsp3) is 0.318. The molecule has 6 heteroatoms. The van der Waals surface area contributed by atoms with Crippen LogP contribution >= 0.6 is 0 Å². The van der Waals surface area contributed by atoms with Crippen molar-refractivity contribution >= 4 is 23.5 Å². The van der Waals surface area contributed by atoms with E-state index in [1.54, 1.807) is 24.3 Å². The van der Waals surface area contributed by atoms with Crippen molar-refractivity contribution in [2.24, 2.45) is 11.8 Å². The van der Waals surface area contributed by atoms with Crippen molar-refractivity contribution < 1.29 is 19.5 Å². The topological polar surface area (TPSA) is 86.7 Å². The third-order valence-corrected chi connectivity index (χ3v) is 5.54. The van der Waals surface area contributed by atoms with E-state index in [2.05, 4.69) is 17.4 Å². The number of carboxylic acids is 1. The van der Waals surface area contributed by atoms with E-state index in [1.807, 2.05) is 23.1 Å². The summed E-state index contributed by atoms with van der Waals surface area (Å²) in [4.78, 5) is 37.8. The summed E-state index contributed by atoms with van der Waals surface area (Å²) >= 11 is 0. The predicted molar refractivity (Wildman–Crippen MR) is 104 cm³/mol. The molecule has 1 aliphatic heterocycles. The Hall–Kier alpha value is -3.15. The lowest BCUT2D eigenvalue weighted by molar-refractivity contribution is -0.139. The Balaban J connectivity index is 1.41. The Morgan fingerprint density at radius 1 is 0.964 bits per heavy atom. The summed E-state index contributed by atoms with van der Waals surface area (Å²) in [5.41, 5.74) is 2.30. The van der Waals surface area contributed by atoms with Gasteiger partial charge in [-0.2, -0.15) is 0 Å². The molecule has 2 amide bonds. The highest BCUT2D eigenvalue weighted by molar-refractivity contribution is 5.99. The van der Waals surface area contributed by atoms with E-state index >= 15 is 0 Å². The van der Waals surface area contributed by atoms with Crippen molar-refractivity contribution in [3.05, 3.63) is 65.7 Å². The highest BCUT2D eigenvalue weighted by atomic mass is 16.4. The second-order valence-electron chi connectivity index (χ2n) is 7.42. The molecule has 2 aromatic rings. The monoisotopic (exact) mass is 378 g/mol. The molecule has 2 N–H and O–H groups in total. The molecule has 2 aliphatic rings. The normalized spacial score (nSPS) is 23.3. The molecule has 4 rings (SSSR count). The molecule has 1 saturated heterocycles. The second kappa shape index (κ2) is 7.46. The highest BCUT2D eigenvalue weighted by Crippen LogP contribution is 2.39. The standard InChI is InChI=1S/C22H22N2O4/c25-20(17-13-18(17)22(27)28)23-16-10-8-15(9-11-16)21(26)24-12-4-7-19(24)14-5-2-1-3-6-14/h1-3,5-6,8-11,17-19H,4,7,12-13H2,(H,23,25)(H,27,28). The molecular formula is C22H22N2O4. The van der Waals surface area contributed by atoms with E-state index in [-0.39, 0.29) is 17.9 Å². The molecule has 0 radical (unpaired) electrons. The summed E-state index contributed by atoms with van der Waals surface area (Å²) in [7, 11) is 0. The molecule has 2 fully saturated rings. The number of carbonyl (C=O) groups excluding carboxylic acids is 2. The Labute approximate surface area is 163 Å². The Morgan fingerprint density at radius 3 is 2.32 bits per heavy atom. The van der Waals surface area contributed by atoms with E-state index in [0.29, 0.717) is 17.7 Å². The summed E-state index contributed by atoms with van der Waals surface area (Å²) in [5, 5.41) is 11.7. The molecule has 6 nitrogen and oxygen atoms in total. The largest absolute Gasteiger partial charge is 0.481 e. The minimum atomic E-state index is -0.931. The van der Waals surface area contributed by atoms with Gasteiger partial charge in [-0.15, -0.1) is 0 Å². The van der Waals surface area contributed by atoms with Crippen molar-refractivity contribution in [2.75, 3.05) is 11.9 Å². The summed E-state index contributed by atoms with van der Waals surface area (Å²) < 4.78 is 0. The van der Waals surface area contributed by atoms with Crippen LogP contribution in [0.1, 0.15) is 41.2 Å². The number of hydrogen-bond donors (Lipinski definition) is 2. The van der Waals surface area contributed by atoms with Gasteiger partial charge in [0.25, 0.3) is 5.91 Å². The Morgan fingerprint density at radius 2 is 1.68 bits per heavy atom. The molecule has 0 bridgehead atoms. The van der Waals surface area contributed by atoms with Gasteiger partial charge in [0.2, 0.25) is 5.91 Å². The maximum Gasteiger partial charge on any atom is 0.307 e. The van der Waals surface area contributed by atoms with Gasteiger partial charge in [0, 0.05) is 17.8 Å². The third-order valence-electron chi connectivity index (χ3n) is 5.54. The van der Waals surface area contributed by atoms with Gasteiger partial charge in [0.15, 0.2) is 0 Å². The summed E-state index contributed by atoms with van der Waals surface area (Å²) in [6.07, 6.45) is 2.31. The van der Waals surface area contributed by atoms with Crippen LogP contribution in [-0.4, -0.2) is 34.3 Å². The van der Waals surface area contributed by atoms with E-state index in [4.69, 9.17) is 5.11 Å². The molecule has 28 heavy (non-hydrogen) atoms. The van der Waals surface area contributed by atoms with Crippen molar-refractivity contribution in [2.45, 2.75) is 25.3 Å². The van der Waals surface area contributed by atoms with E-state index < -0.39 is 17.8 Å². The van der Waals surface area contributed by atoms with Crippen LogP contribution in [0.15, 0.2) is 54.6 Å². The molecule has 3 atom stereocenters. The zero-order valence-electron chi connectivity index (χ0n) is 15.4. The van der Waals surface area contributed by atoms with E-state index in [0.717, 1.165) is 24.9 Å². The summed E-state index contributed by atoms with van der Waals surface area (Å²) in [6, 6.07) is 16.9. The minimum Gasteiger partial charge on any atom is -0.481 e. The molecule has 1 heterocycles. The van der Waals surface area contributed by atoms with Crippen LogP contribution in [0.3, 0.4) is 0 Å². The first kappa shape index (κ1) is 18.2. The van der Waals surface area contributed by atoms with Gasteiger partial charge in [0.05, 0.1) is 17.9 Å². The van der Waals surface area contributed by atoms with Crippen LogP contribution < -0.4 is 5.32 Å². The fourth-order valence-electron chi connectivity index (χ4n) is 3.89. The first-order valence-corrected chi connectivity index (χ1v) is 9.54. The number of rotatable bonds is 5. The lowest BCUT2D eigenvalue weighted by Crippen LogP contribution is -2.30. The molecule has 0 spiro atoms. The molecule has 2 aromatic carbocycles. The van der Waals surface area contributed by atoms with Gasteiger partial charge in [-0.1, -0.05) is 30.3 Å². The van der Waals surface area contributed by atoms with Gasteiger partial charge >= 0.3 is 5.97 Å². The molecule has 1 saturated carbocycles. The third kappa shape index (κ3) is 3.63. The molecule has 144 valence electrons. The number of benzene rings is 2. The van der Waals surface area contributed by atoms with Crippen molar-refractivity contribution in [1.29, 1.82) is 0 Å². The molecular weight excluding hydrogens is 356 g/mol. The molecule has 0 aromatic heterocycles. The molecule has 1 aliphatic carbocycles. The summed E-state index contributed by atoms with van der Waals surface area (Å²) in [6.45, 7) is 0.731. The Bertz CT molecular complexity index is 895. The highest BCUT2D eigenvalue weighted by Gasteiger charge is 2.48. The Kier molecular flexibility index (Phi) is 4.86.